The fourth-order valence-electron chi connectivity index (χ4n) is 2.75. The van der Waals surface area contributed by atoms with Crippen LogP contribution in [-0.4, -0.2) is 11.6 Å². The van der Waals surface area contributed by atoms with Crippen molar-refractivity contribution in [2.24, 2.45) is 5.73 Å². The highest BCUT2D eigenvalue weighted by Crippen LogP contribution is 2.38. The van der Waals surface area contributed by atoms with Crippen molar-refractivity contribution in [1.82, 2.24) is 0 Å². The summed E-state index contributed by atoms with van der Waals surface area (Å²) in [7, 11) is 0. The highest BCUT2D eigenvalue weighted by Gasteiger charge is 2.37. The summed E-state index contributed by atoms with van der Waals surface area (Å²) >= 11 is 0. The number of aryl methyl sites for hydroxylation is 2. The van der Waals surface area contributed by atoms with E-state index in [-0.39, 0.29) is 5.54 Å². The highest BCUT2D eigenvalue weighted by atomic mass is 16.5. The van der Waals surface area contributed by atoms with Gasteiger partial charge in [0.15, 0.2) is 0 Å². The van der Waals surface area contributed by atoms with Gasteiger partial charge in [-0.1, -0.05) is 12.1 Å². The SMILES string of the molecule is Cc1cc(CCC2(N)CC2)cc2c1OC(C)C2. The zero-order valence-electron chi connectivity index (χ0n) is 10.8. The number of benzene rings is 1. The summed E-state index contributed by atoms with van der Waals surface area (Å²) in [6.07, 6.45) is 6.04. The van der Waals surface area contributed by atoms with Gasteiger partial charge in [-0.05, 0) is 56.2 Å². The van der Waals surface area contributed by atoms with Crippen LogP contribution in [0.4, 0.5) is 0 Å². The standard InChI is InChI=1S/C15H21NO/c1-10-7-12(3-4-15(16)5-6-15)9-13-8-11(2)17-14(10)13/h7,9,11H,3-6,8,16H2,1-2H3. The van der Waals surface area contributed by atoms with Crippen LogP contribution in [0.2, 0.25) is 0 Å². The Hall–Kier alpha value is -1.02. The van der Waals surface area contributed by atoms with E-state index in [1.54, 1.807) is 0 Å². The van der Waals surface area contributed by atoms with Crippen LogP contribution in [0.25, 0.3) is 0 Å². The summed E-state index contributed by atoms with van der Waals surface area (Å²) in [6, 6.07) is 4.58. The van der Waals surface area contributed by atoms with Crippen LogP contribution in [0, 0.1) is 6.92 Å². The normalized spacial score (nSPS) is 24.3. The lowest BCUT2D eigenvalue weighted by molar-refractivity contribution is 0.253. The molecule has 1 atom stereocenters. The summed E-state index contributed by atoms with van der Waals surface area (Å²) in [4.78, 5) is 0. The number of nitrogens with two attached hydrogens (primary N) is 1. The lowest BCUT2D eigenvalue weighted by atomic mass is 9.98. The summed E-state index contributed by atoms with van der Waals surface area (Å²) in [5.41, 5.74) is 10.4. The van der Waals surface area contributed by atoms with Crippen LogP contribution in [0.3, 0.4) is 0 Å². The van der Waals surface area contributed by atoms with Gasteiger partial charge in [-0.15, -0.1) is 0 Å². The lowest BCUT2D eigenvalue weighted by Gasteiger charge is -2.11. The Balaban J connectivity index is 1.78. The average Bonchev–Trinajstić information content (AvgIpc) is 2.87. The van der Waals surface area contributed by atoms with Crippen molar-refractivity contribution < 1.29 is 4.74 Å². The third-order valence-corrected chi connectivity index (χ3v) is 4.04. The fourth-order valence-corrected chi connectivity index (χ4v) is 2.75. The lowest BCUT2D eigenvalue weighted by Crippen LogP contribution is -2.22. The number of ether oxygens (including phenoxy) is 1. The van der Waals surface area contributed by atoms with Gasteiger partial charge in [0.05, 0.1) is 0 Å². The summed E-state index contributed by atoms with van der Waals surface area (Å²) in [6.45, 7) is 4.29. The van der Waals surface area contributed by atoms with Crippen LogP contribution in [0.1, 0.15) is 42.9 Å². The Bertz CT molecular complexity index is 448. The number of hydrogen-bond donors (Lipinski definition) is 1. The molecule has 0 bridgehead atoms. The predicted molar refractivity (Wildman–Crippen MR) is 69.4 cm³/mol. The maximum atomic E-state index is 6.14. The van der Waals surface area contributed by atoms with Crippen molar-refractivity contribution in [3.63, 3.8) is 0 Å². The van der Waals surface area contributed by atoms with Crippen molar-refractivity contribution in [2.45, 2.75) is 57.6 Å². The minimum atomic E-state index is 0.163. The van der Waals surface area contributed by atoms with Crippen molar-refractivity contribution in [3.05, 3.63) is 28.8 Å². The van der Waals surface area contributed by atoms with Gasteiger partial charge in [0.1, 0.15) is 11.9 Å². The Morgan fingerprint density at radius 1 is 1.41 bits per heavy atom. The van der Waals surface area contributed by atoms with Crippen molar-refractivity contribution in [1.29, 1.82) is 0 Å². The Morgan fingerprint density at radius 2 is 2.18 bits per heavy atom. The molecule has 0 spiro atoms. The van der Waals surface area contributed by atoms with Gasteiger partial charge in [0.25, 0.3) is 0 Å². The number of fused-ring (bicyclic) bond motifs is 1. The molecule has 1 saturated carbocycles. The Kier molecular flexibility index (Phi) is 2.44. The third-order valence-electron chi connectivity index (χ3n) is 4.04. The molecule has 0 radical (unpaired) electrons. The molecule has 2 aliphatic rings. The molecule has 1 fully saturated rings. The maximum absolute atomic E-state index is 6.14. The van der Waals surface area contributed by atoms with E-state index in [4.69, 9.17) is 10.5 Å². The first-order valence-corrected chi connectivity index (χ1v) is 6.64. The molecule has 1 unspecified atom stereocenters. The van der Waals surface area contributed by atoms with Gasteiger partial charge in [0, 0.05) is 12.0 Å². The molecule has 1 aromatic carbocycles. The average molecular weight is 231 g/mol. The second-order valence-corrected chi connectivity index (χ2v) is 5.90. The molecule has 17 heavy (non-hydrogen) atoms. The zero-order valence-corrected chi connectivity index (χ0v) is 10.8. The van der Waals surface area contributed by atoms with Gasteiger partial charge in [-0.25, -0.2) is 0 Å². The largest absolute Gasteiger partial charge is 0.490 e. The van der Waals surface area contributed by atoms with Crippen LogP contribution < -0.4 is 10.5 Å². The van der Waals surface area contributed by atoms with Crippen LogP contribution >= 0.6 is 0 Å². The summed E-state index contributed by atoms with van der Waals surface area (Å²) in [5, 5.41) is 0. The molecule has 0 saturated heterocycles. The molecule has 0 aromatic heterocycles. The first kappa shape index (κ1) is 11.1. The van der Waals surface area contributed by atoms with Crippen LogP contribution in [0.15, 0.2) is 12.1 Å². The molecule has 1 aliphatic carbocycles. The van der Waals surface area contributed by atoms with E-state index >= 15 is 0 Å². The van der Waals surface area contributed by atoms with Crippen molar-refractivity contribution >= 4 is 0 Å². The van der Waals surface area contributed by atoms with E-state index in [0.717, 1.165) is 25.0 Å². The molecule has 1 aromatic rings. The number of hydrogen-bond acceptors (Lipinski definition) is 2. The first-order valence-electron chi connectivity index (χ1n) is 6.64. The number of rotatable bonds is 3. The van der Waals surface area contributed by atoms with E-state index < -0.39 is 0 Å². The van der Waals surface area contributed by atoms with Gasteiger partial charge in [0.2, 0.25) is 0 Å². The van der Waals surface area contributed by atoms with E-state index in [2.05, 4.69) is 26.0 Å². The van der Waals surface area contributed by atoms with E-state index in [1.165, 1.54) is 29.5 Å². The summed E-state index contributed by atoms with van der Waals surface area (Å²) in [5.74, 6) is 1.12. The van der Waals surface area contributed by atoms with E-state index in [0.29, 0.717) is 6.10 Å². The molecular formula is C15H21NO. The quantitative estimate of drug-likeness (QED) is 0.868. The fraction of sp³-hybridized carbons (Fsp3) is 0.600. The minimum absolute atomic E-state index is 0.163. The van der Waals surface area contributed by atoms with Gasteiger partial charge in [-0.2, -0.15) is 0 Å². The monoisotopic (exact) mass is 231 g/mol. The Morgan fingerprint density at radius 3 is 2.88 bits per heavy atom. The molecule has 92 valence electrons. The van der Waals surface area contributed by atoms with E-state index in [9.17, 15) is 0 Å². The Labute approximate surface area is 103 Å². The maximum Gasteiger partial charge on any atom is 0.125 e. The predicted octanol–water partition coefficient (Wildman–Crippen LogP) is 2.74. The smallest absolute Gasteiger partial charge is 0.125 e. The van der Waals surface area contributed by atoms with Crippen LogP contribution in [-0.2, 0) is 12.8 Å². The van der Waals surface area contributed by atoms with Crippen molar-refractivity contribution in [3.8, 4) is 5.75 Å². The van der Waals surface area contributed by atoms with Gasteiger partial charge >= 0.3 is 0 Å². The van der Waals surface area contributed by atoms with Gasteiger partial charge in [-0.3, -0.25) is 0 Å². The molecule has 2 N–H and O–H groups in total. The minimum Gasteiger partial charge on any atom is -0.490 e. The molecule has 1 heterocycles. The first-order chi connectivity index (χ1) is 8.06. The molecule has 3 rings (SSSR count). The molecule has 2 nitrogen and oxygen atoms in total. The molecule has 0 amide bonds. The summed E-state index contributed by atoms with van der Waals surface area (Å²) < 4.78 is 5.83. The zero-order chi connectivity index (χ0) is 12.0. The second-order valence-electron chi connectivity index (χ2n) is 5.90. The third kappa shape index (κ3) is 2.19. The molecular weight excluding hydrogens is 210 g/mol. The van der Waals surface area contributed by atoms with E-state index in [1.807, 2.05) is 0 Å². The topological polar surface area (TPSA) is 35.2 Å². The van der Waals surface area contributed by atoms with Gasteiger partial charge < -0.3 is 10.5 Å². The second kappa shape index (κ2) is 3.74. The van der Waals surface area contributed by atoms with Crippen LogP contribution in [0.5, 0.6) is 5.75 Å². The molecule has 2 heteroatoms. The highest BCUT2D eigenvalue weighted by molar-refractivity contribution is 5.47. The van der Waals surface area contributed by atoms with Crippen molar-refractivity contribution in [2.75, 3.05) is 0 Å². The molecule has 1 aliphatic heterocycles.